The zero-order valence-electron chi connectivity index (χ0n) is 8.64. The number of aryl methyl sites for hydroxylation is 1. The van der Waals surface area contributed by atoms with Gasteiger partial charge in [-0.1, -0.05) is 18.5 Å². The summed E-state index contributed by atoms with van der Waals surface area (Å²) in [5, 5.41) is 6.68. The van der Waals surface area contributed by atoms with Crippen LogP contribution in [0.15, 0.2) is 5.38 Å². The minimum Gasteiger partial charge on any atom is -0.309 e. The number of hydrogen-bond donors (Lipinski definition) is 1. The predicted octanol–water partition coefficient (Wildman–Crippen LogP) is 3.77. The summed E-state index contributed by atoms with van der Waals surface area (Å²) in [6.07, 6.45) is 2.70. The van der Waals surface area contributed by atoms with Gasteiger partial charge in [0, 0.05) is 10.9 Å². The zero-order chi connectivity index (χ0) is 10.1. The van der Waals surface area contributed by atoms with Gasteiger partial charge in [0.25, 0.3) is 0 Å². The van der Waals surface area contributed by atoms with Crippen molar-refractivity contribution in [3.63, 3.8) is 0 Å². The van der Waals surface area contributed by atoms with Gasteiger partial charge < -0.3 is 5.32 Å². The SMILES string of the molecule is CCNC(c1scc(C)c1Cl)C1CC1. The molecule has 2 rings (SSSR count). The van der Waals surface area contributed by atoms with Gasteiger partial charge in [-0.15, -0.1) is 11.3 Å². The molecule has 0 radical (unpaired) electrons. The Bertz CT molecular complexity index is 317. The number of hydrogen-bond acceptors (Lipinski definition) is 2. The van der Waals surface area contributed by atoms with Crippen LogP contribution in [0.4, 0.5) is 0 Å². The van der Waals surface area contributed by atoms with Crippen molar-refractivity contribution in [3.8, 4) is 0 Å². The molecule has 0 aliphatic heterocycles. The van der Waals surface area contributed by atoms with Crippen LogP contribution in [-0.2, 0) is 0 Å². The molecule has 1 N–H and O–H groups in total. The Morgan fingerprint density at radius 1 is 1.64 bits per heavy atom. The van der Waals surface area contributed by atoms with Gasteiger partial charge in [0.15, 0.2) is 0 Å². The first kappa shape index (κ1) is 10.5. The third-order valence-corrected chi connectivity index (χ3v) is 4.52. The van der Waals surface area contributed by atoms with E-state index in [9.17, 15) is 0 Å². The lowest BCUT2D eigenvalue weighted by molar-refractivity contribution is 0.504. The molecule has 1 aromatic rings. The Morgan fingerprint density at radius 3 is 2.79 bits per heavy atom. The summed E-state index contributed by atoms with van der Waals surface area (Å²) in [6.45, 7) is 5.26. The van der Waals surface area contributed by atoms with Gasteiger partial charge in [-0.2, -0.15) is 0 Å². The van der Waals surface area contributed by atoms with Crippen molar-refractivity contribution in [1.82, 2.24) is 5.32 Å². The minimum absolute atomic E-state index is 0.506. The van der Waals surface area contributed by atoms with Crippen LogP contribution in [0.2, 0.25) is 5.02 Å². The Kier molecular flexibility index (Phi) is 3.15. The van der Waals surface area contributed by atoms with Gasteiger partial charge in [-0.25, -0.2) is 0 Å². The second-order valence-corrected chi connectivity index (χ2v) is 5.26. The molecule has 1 atom stereocenters. The van der Waals surface area contributed by atoms with E-state index in [1.807, 2.05) is 0 Å². The molecular weight excluding hydrogens is 214 g/mol. The molecule has 0 saturated heterocycles. The molecule has 1 unspecified atom stereocenters. The minimum atomic E-state index is 0.506. The van der Waals surface area contributed by atoms with Crippen LogP contribution in [0, 0.1) is 12.8 Å². The van der Waals surface area contributed by atoms with Crippen LogP contribution in [0.3, 0.4) is 0 Å². The fourth-order valence-electron chi connectivity index (χ4n) is 1.78. The largest absolute Gasteiger partial charge is 0.309 e. The van der Waals surface area contributed by atoms with Gasteiger partial charge in [-0.3, -0.25) is 0 Å². The summed E-state index contributed by atoms with van der Waals surface area (Å²) in [5.41, 5.74) is 1.22. The lowest BCUT2D eigenvalue weighted by Crippen LogP contribution is -2.21. The molecule has 14 heavy (non-hydrogen) atoms. The first-order valence-electron chi connectivity index (χ1n) is 5.21. The molecule has 1 nitrogen and oxygen atoms in total. The Hall–Kier alpha value is -0.0500. The maximum atomic E-state index is 6.28. The monoisotopic (exact) mass is 229 g/mol. The summed E-state index contributed by atoms with van der Waals surface area (Å²) in [4.78, 5) is 1.34. The average molecular weight is 230 g/mol. The molecular formula is C11H16ClNS. The average Bonchev–Trinajstić information content (AvgIpc) is 2.94. The van der Waals surface area contributed by atoms with Crippen LogP contribution >= 0.6 is 22.9 Å². The maximum Gasteiger partial charge on any atom is 0.0590 e. The molecule has 0 aromatic carbocycles. The third kappa shape index (κ3) is 1.97. The second-order valence-electron chi connectivity index (χ2n) is 3.97. The van der Waals surface area contributed by atoms with E-state index in [4.69, 9.17) is 11.6 Å². The van der Waals surface area contributed by atoms with E-state index in [0.29, 0.717) is 6.04 Å². The van der Waals surface area contributed by atoms with Crippen molar-refractivity contribution in [1.29, 1.82) is 0 Å². The van der Waals surface area contributed by atoms with Gasteiger partial charge in [0.1, 0.15) is 0 Å². The van der Waals surface area contributed by atoms with E-state index in [1.165, 1.54) is 23.3 Å². The Morgan fingerprint density at radius 2 is 2.36 bits per heavy atom. The molecule has 0 bridgehead atoms. The Balaban J connectivity index is 2.20. The van der Waals surface area contributed by atoms with Crippen molar-refractivity contribution in [2.45, 2.75) is 32.7 Å². The second kappa shape index (κ2) is 4.21. The third-order valence-electron chi connectivity index (χ3n) is 2.73. The summed E-state index contributed by atoms with van der Waals surface area (Å²) >= 11 is 8.08. The highest BCUT2D eigenvalue weighted by Gasteiger charge is 2.33. The van der Waals surface area contributed by atoms with Gasteiger partial charge >= 0.3 is 0 Å². The summed E-state index contributed by atoms with van der Waals surface area (Å²) in [5.74, 6) is 0.825. The summed E-state index contributed by atoms with van der Waals surface area (Å²) in [7, 11) is 0. The number of halogens is 1. The number of thiophene rings is 1. The summed E-state index contributed by atoms with van der Waals surface area (Å²) < 4.78 is 0. The molecule has 0 amide bonds. The smallest absolute Gasteiger partial charge is 0.0590 e. The van der Waals surface area contributed by atoms with E-state index in [2.05, 4.69) is 24.5 Å². The van der Waals surface area contributed by atoms with E-state index < -0.39 is 0 Å². The van der Waals surface area contributed by atoms with Gasteiger partial charge in [0.2, 0.25) is 0 Å². The molecule has 1 fully saturated rings. The molecule has 3 heteroatoms. The quantitative estimate of drug-likeness (QED) is 0.829. The van der Waals surface area contributed by atoms with Crippen LogP contribution in [0.1, 0.15) is 36.2 Å². The van der Waals surface area contributed by atoms with Crippen LogP contribution < -0.4 is 5.32 Å². The lowest BCUT2D eigenvalue weighted by Gasteiger charge is -2.16. The molecule has 0 spiro atoms. The van der Waals surface area contributed by atoms with Crippen LogP contribution in [0.25, 0.3) is 0 Å². The van der Waals surface area contributed by atoms with Crippen molar-refractivity contribution < 1.29 is 0 Å². The summed E-state index contributed by atoms with van der Waals surface area (Å²) in [6, 6.07) is 0.506. The van der Waals surface area contributed by atoms with Crippen molar-refractivity contribution in [2.24, 2.45) is 5.92 Å². The molecule has 1 saturated carbocycles. The lowest BCUT2D eigenvalue weighted by atomic mass is 10.1. The molecule has 78 valence electrons. The van der Waals surface area contributed by atoms with E-state index >= 15 is 0 Å². The normalized spacial score (nSPS) is 18.5. The number of rotatable bonds is 4. The zero-order valence-corrected chi connectivity index (χ0v) is 10.2. The first-order valence-corrected chi connectivity index (χ1v) is 6.46. The number of nitrogens with one attached hydrogen (secondary N) is 1. The highest BCUT2D eigenvalue weighted by Crippen LogP contribution is 2.45. The van der Waals surface area contributed by atoms with Gasteiger partial charge in [-0.05, 0) is 43.2 Å². The maximum absolute atomic E-state index is 6.28. The standard InChI is InChI=1S/C11H16ClNS/c1-3-13-10(8-4-5-8)11-9(12)7(2)6-14-11/h6,8,10,13H,3-5H2,1-2H3. The van der Waals surface area contributed by atoms with Crippen molar-refractivity contribution in [2.75, 3.05) is 6.54 Å². The predicted molar refractivity (Wildman–Crippen MR) is 63.2 cm³/mol. The molecule has 1 heterocycles. The highest BCUT2D eigenvalue weighted by atomic mass is 35.5. The van der Waals surface area contributed by atoms with Crippen molar-refractivity contribution in [3.05, 3.63) is 20.8 Å². The van der Waals surface area contributed by atoms with Crippen LogP contribution in [-0.4, -0.2) is 6.54 Å². The fraction of sp³-hybridized carbons (Fsp3) is 0.636. The highest BCUT2D eigenvalue weighted by molar-refractivity contribution is 7.10. The van der Waals surface area contributed by atoms with E-state index in [0.717, 1.165) is 17.5 Å². The van der Waals surface area contributed by atoms with E-state index in [1.54, 1.807) is 11.3 Å². The van der Waals surface area contributed by atoms with E-state index in [-0.39, 0.29) is 0 Å². The first-order chi connectivity index (χ1) is 6.74. The molecule has 1 aliphatic carbocycles. The Labute approximate surface area is 94.5 Å². The fourth-order valence-corrected chi connectivity index (χ4v) is 3.26. The molecule has 1 aliphatic rings. The van der Waals surface area contributed by atoms with Crippen LogP contribution in [0.5, 0.6) is 0 Å². The molecule has 1 aromatic heterocycles. The topological polar surface area (TPSA) is 12.0 Å². The van der Waals surface area contributed by atoms with Gasteiger partial charge in [0.05, 0.1) is 5.02 Å². The van der Waals surface area contributed by atoms with Crippen molar-refractivity contribution >= 4 is 22.9 Å².